The quantitative estimate of drug-likeness (QED) is 0.835. The van der Waals surface area contributed by atoms with Crippen LogP contribution in [0, 0.1) is 5.82 Å². The lowest BCUT2D eigenvalue weighted by Gasteiger charge is -2.26. The number of hydrogen-bond donors (Lipinski definition) is 1. The van der Waals surface area contributed by atoms with Gasteiger partial charge in [-0.25, -0.2) is 4.39 Å². The van der Waals surface area contributed by atoms with Crippen molar-refractivity contribution >= 4 is 11.6 Å². The van der Waals surface area contributed by atoms with E-state index in [1.807, 2.05) is 12.1 Å². The summed E-state index contributed by atoms with van der Waals surface area (Å²) in [5.74, 6) is -0.110. The number of rotatable bonds is 6. The second kappa shape index (κ2) is 7.53. The first kappa shape index (κ1) is 15.9. The van der Waals surface area contributed by atoms with Crippen molar-refractivity contribution in [1.82, 2.24) is 10.3 Å². The molecule has 2 nitrogen and oxygen atoms in total. The van der Waals surface area contributed by atoms with E-state index in [9.17, 15) is 4.39 Å². The molecule has 1 aromatic carbocycles. The number of pyridine rings is 1. The standard InChI is InChI=1S/C17H20ClFN2/c1-3-8-21-17(12(2)13-6-9-20-10-7-13)15-11-14(18)4-5-16(15)19/h4-7,9-12,17,21H,3,8H2,1-2H3. The summed E-state index contributed by atoms with van der Waals surface area (Å²) >= 11 is 6.04. The number of aromatic nitrogens is 1. The molecule has 1 N–H and O–H groups in total. The monoisotopic (exact) mass is 306 g/mol. The highest BCUT2D eigenvalue weighted by Crippen LogP contribution is 2.33. The zero-order chi connectivity index (χ0) is 15.2. The lowest BCUT2D eigenvalue weighted by atomic mass is 9.88. The van der Waals surface area contributed by atoms with Gasteiger partial charge in [-0.05, 0) is 48.9 Å². The van der Waals surface area contributed by atoms with Crippen LogP contribution in [0.4, 0.5) is 4.39 Å². The molecule has 0 aliphatic rings. The first-order valence-corrected chi connectivity index (χ1v) is 7.59. The zero-order valence-electron chi connectivity index (χ0n) is 12.3. The van der Waals surface area contributed by atoms with Crippen LogP contribution in [0.3, 0.4) is 0 Å². The van der Waals surface area contributed by atoms with Gasteiger partial charge in [0.1, 0.15) is 5.82 Å². The van der Waals surface area contributed by atoms with Crippen LogP contribution in [0.25, 0.3) is 0 Å². The van der Waals surface area contributed by atoms with E-state index in [4.69, 9.17) is 11.6 Å². The number of benzene rings is 1. The first-order chi connectivity index (χ1) is 10.1. The topological polar surface area (TPSA) is 24.9 Å². The van der Waals surface area contributed by atoms with Gasteiger partial charge in [0.25, 0.3) is 0 Å². The SMILES string of the molecule is CCCNC(c1cc(Cl)ccc1F)C(C)c1ccncc1. The maximum absolute atomic E-state index is 14.2. The Morgan fingerprint density at radius 2 is 1.95 bits per heavy atom. The summed E-state index contributed by atoms with van der Waals surface area (Å²) in [5.41, 5.74) is 1.73. The molecule has 0 saturated carbocycles. The van der Waals surface area contributed by atoms with Gasteiger partial charge in [0.2, 0.25) is 0 Å². The van der Waals surface area contributed by atoms with E-state index in [2.05, 4.69) is 24.1 Å². The second-order valence-corrected chi connectivity index (χ2v) is 5.60. The van der Waals surface area contributed by atoms with E-state index in [0.29, 0.717) is 10.6 Å². The average Bonchev–Trinajstić information content (AvgIpc) is 2.51. The molecule has 1 aromatic heterocycles. The van der Waals surface area contributed by atoms with Crippen LogP contribution >= 0.6 is 11.6 Å². The third kappa shape index (κ3) is 4.02. The van der Waals surface area contributed by atoms with Gasteiger partial charge >= 0.3 is 0 Å². The van der Waals surface area contributed by atoms with E-state index >= 15 is 0 Å². The molecule has 2 aromatic rings. The summed E-state index contributed by atoms with van der Waals surface area (Å²) in [5, 5.41) is 3.99. The van der Waals surface area contributed by atoms with Crippen molar-refractivity contribution in [2.24, 2.45) is 0 Å². The maximum atomic E-state index is 14.2. The van der Waals surface area contributed by atoms with E-state index < -0.39 is 0 Å². The molecule has 0 bridgehead atoms. The molecule has 0 aliphatic carbocycles. The van der Waals surface area contributed by atoms with Crippen LogP contribution in [0.1, 0.15) is 43.4 Å². The molecule has 21 heavy (non-hydrogen) atoms. The van der Waals surface area contributed by atoms with Crippen molar-refractivity contribution in [1.29, 1.82) is 0 Å². The van der Waals surface area contributed by atoms with E-state index in [-0.39, 0.29) is 17.8 Å². The molecule has 0 spiro atoms. The zero-order valence-corrected chi connectivity index (χ0v) is 13.1. The number of hydrogen-bond acceptors (Lipinski definition) is 2. The van der Waals surface area contributed by atoms with Crippen LogP contribution in [0.15, 0.2) is 42.7 Å². The molecule has 2 unspecified atom stereocenters. The smallest absolute Gasteiger partial charge is 0.128 e. The second-order valence-electron chi connectivity index (χ2n) is 5.17. The van der Waals surface area contributed by atoms with Crippen LogP contribution < -0.4 is 5.32 Å². The Morgan fingerprint density at radius 3 is 2.62 bits per heavy atom. The maximum Gasteiger partial charge on any atom is 0.128 e. The number of nitrogens with zero attached hydrogens (tertiary/aromatic N) is 1. The Bertz CT molecular complexity index is 574. The lowest BCUT2D eigenvalue weighted by Crippen LogP contribution is -2.27. The lowest BCUT2D eigenvalue weighted by molar-refractivity contribution is 0.445. The Morgan fingerprint density at radius 1 is 1.24 bits per heavy atom. The minimum atomic E-state index is -0.228. The average molecular weight is 307 g/mol. The number of halogens is 2. The molecular formula is C17H20ClFN2. The predicted octanol–water partition coefficient (Wildman–Crippen LogP) is 4.72. The molecule has 2 rings (SSSR count). The van der Waals surface area contributed by atoms with Crippen molar-refractivity contribution in [3.05, 3.63) is 64.7 Å². The van der Waals surface area contributed by atoms with Crippen LogP contribution in [-0.4, -0.2) is 11.5 Å². The largest absolute Gasteiger partial charge is 0.309 e. The summed E-state index contributed by atoms with van der Waals surface area (Å²) in [7, 11) is 0. The Hall–Kier alpha value is -1.45. The molecule has 112 valence electrons. The fraction of sp³-hybridized carbons (Fsp3) is 0.353. The Kier molecular flexibility index (Phi) is 5.71. The highest BCUT2D eigenvalue weighted by atomic mass is 35.5. The van der Waals surface area contributed by atoms with E-state index in [1.165, 1.54) is 6.07 Å². The van der Waals surface area contributed by atoms with Crippen molar-refractivity contribution in [2.45, 2.75) is 32.2 Å². The molecule has 0 radical (unpaired) electrons. The summed E-state index contributed by atoms with van der Waals surface area (Å²) in [6, 6.07) is 8.53. The molecule has 2 atom stereocenters. The van der Waals surface area contributed by atoms with Gasteiger partial charge in [-0.3, -0.25) is 4.98 Å². The van der Waals surface area contributed by atoms with Crippen molar-refractivity contribution in [3.63, 3.8) is 0 Å². The van der Waals surface area contributed by atoms with Gasteiger partial charge in [0, 0.05) is 34.9 Å². The van der Waals surface area contributed by atoms with E-state index in [1.54, 1.807) is 24.5 Å². The molecule has 4 heteroatoms. The van der Waals surface area contributed by atoms with Gasteiger partial charge in [-0.2, -0.15) is 0 Å². The normalized spacial score (nSPS) is 13.9. The highest BCUT2D eigenvalue weighted by molar-refractivity contribution is 6.30. The summed E-state index contributed by atoms with van der Waals surface area (Å²) in [4.78, 5) is 4.04. The van der Waals surface area contributed by atoms with Gasteiger partial charge in [-0.15, -0.1) is 0 Å². The van der Waals surface area contributed by atoms with Gasteiger partial charge < -0.3 is 5.32 Å². The van der Waals surface area contributed by atoms with Crippen LogP contribution in [0.2, 0.25) is 5.02 Å². The Labute approximate surface area is 130 Å². The predicted molar refractivity (Wildman–Crippen MR) is 85.1 cm³/mol. The molecule has 0 aliphatic heterocycles. The molecule has 0 amide bonds. The first-order valence-electron chi connectivity index (χ1n) is 7.21. The molecular weight excluding hydrogens is 287 g/mol. The van der Waals surface area contributed by atoms with Gasteiger partial charge in [0.05, 0.1) is 0 Å². The Balaban J connectivity index is 2.36. The van der Waals surface area contributed by atoms with Gasteiger partial charge in [-0.1, -0.05) is 25.4 Å². The van der Waals surface area contributed by atoms with Gasteiger partial charge in [0.15, 0.2) is 0 Å². The third-order valence-corrected chi connectivity index (χ3v) is 3.87. The van der Waals surface area contributed by atoms with Crippen molar-refractivity contribution in [2.75, 3.05) is 6.54 Å². The van der Waals surface area contributed by atoms with Crippen LogP contribution in [0.5, 0.6) is 0 Å². The third-order valence-electron chi connectivity index (χ3n) is 3.64. The van der Waals surface area contributed by atoms with E-state index in [0.717, 1.165) is 18.5 Å². The summed E-state index contributed by atoms with van der Waals surface area (Å²) in [6.07, 6.45) is 4.51. The fourth-order valence-corrected chi connectivity index (χ4v) is 2.65. The molecule has 0 fully saturated rings. The number of nitrogens with one attached hydrogen (secondary N) is 1. The minimum Gasteiger partial charge on any atom is -0.309 e. The summed E-state index contributed by atoms with van der Waals surface area (Å²) in [6.45, 7) is 5.00. The van der Waals surface area contributed by atoms with Crippen molar-refractivity contribution in [3.8, 4) is 0 Å². The fourth-order valence-electron chi connectivity index (χ4n) is 2.47. The van der Waals surface area contributed by atoms with Crippen molar-refractivity contribution < 1.29 is 4.39 Å². The highest BCUT2D eigenvalue weighted by Gasteiger charge is 2.23. The summed E-state index contributed by atoms with van der Waals surface area (Å²) < 4.78 is 14.2. The molecule has 1 heterocycles. The molecule has 0 saturated heterocycles. The minimum absolute atomic E-state index is 0.118. The van der Waals surface area contributed by atoms with Crippen LogP contribution in [-0.2, 0) is 0 Å².